The molecule has 7 nitrogen and oxygen atoms in total. The number of carboxylic acid groups (broad SMARTS) is 1. The van der Waals surface area contributed by atoms with Crippen molar-refractivity contribution in [3.8, 4) is 5.75 Å². The first-order valence-electron chi connectivity index (χ1n) is 6.02. The summed E-state index contributed by atoms with van der Waals surface area (Å²) in [5.41, 5.74) is 0.570. The lowest BCUT2D eigenvalue weighted by molar-refractivity contribution is -0.138. The van der Waals surface area contributed by atoms with E-state index in [0.29, 0.717) is 17.9 Å². The van der Waals surface area contributed by atoms with Crippen molar-refractivity contribution >= 4 is 23.5 Å². The van der Waals surface area contributed by atoms with Crippen LogP contribution in [0.3, 0.4) is 0 Å². The fourth-order valence-electron chi connectivity index (χ4n) is 1.29. The molecule has 0 fully saturated rings. The van der Waals surface area contributed by atoms with E-state index in [0.717, 1.165) is 0 Å². The predicted molar refractivity (Wildman–Crippen MR) is 71.5 cm³/mol. The van der Waals surface area contributed by atoms with Crippen molar-refractivity contribution in [3.63, 3.8) is 0 Å². The molecule has 7 heteroatoms. The quantitative estimate of drug-likeness (QED) is 0.679. The summed E-state index contributed by atoms with van der Waals surface area (Å²) in [6.45, 7) is 0.996. The van der Waals surface area contributed by atoms with Crippen LogP contribution in [0.1, 0.15) is 13.3 Å². The van der Waals surface area contributed by atoms with Gasteiger partial charge >= 0.3 is 5.97 Å². The van der Waals surface area contributed by atoms with Gasteiger partial charge in [-0.05, 0) is 12.1 Å². The minimum absolute atomic E-state index is 0.124. The lowest BCUT2D eigenvalue weighted by Gasteiger charge is -2.08. The van der Waals surface area contributed by atoms with Crippen molar-refractivity contribution in [2.24, 2.45) is 0 Å². The number of carbonyl (C=O) groups excluding carboxylic acids is 2. The van der Waals surface area contributed by atoms with Gasteiger partial charge in [-0.25, -0.2) is 0 Å². The van der Waals surface area contributed by atoms with Gasteiger partial charge in [0.1, 0.15) is 12.3 Å². The standard InChI is InChI=1S/C13H16N2O5/c1-2-11(16)15-9-4-3-5-10(6-9)20-8-12(17)14-7-13(18)19/h3-6H,2,7-8H2,1H3,(H,14,17)(H,15,16)(H,18,19). The zero-order valence-electron chi connectivity index (χ0n) is 11.0. The molecular formula is C13H16N2O5. The molecule has 0 aliphatic carbocycles. The number of benzene rings is 1. The van der Waals surface area contributed by atoms with E-state index >= 15 is 0 Å². The molecule has 1 aromatic carbocycles. The summed E-state index contributed by atoms with van der Waals surface area (Å²) in [5, 5.41) is 13.2. The van der Waals surface area contributed by atoms with Crippen LogP contribution in [0.5, 0.6) is 5.75 Å². The number of amides is 2. The number of anilines is 1. The Kier molecular flexibility index (Phi) is 6.02. The van der Waals surface area contributed by atoms with E-state index in [-0.39, 0.29) is 12.5 Å². The van der Waals surface area contributed by atoms with Crippen LogP contribution < -0.4 is 15.4 Å². The van der Waals surface area contributed by atoms with E-state index in [4.69, 9.17) is 9.84 Å². The molecule has 0 spiro atoms. The van der Waals surface area contributed by atoms with Gasteiger partial charge in [0.15, 0.2) is 6.61 Å². The Hall–Kier alpha value is -2.57. The molecule has 20 heavy (non-hydrogen) atoms. The van der Waals surface area contributed by atoms with E-state index in [1.165, 1.54) is 0 Å². The Morgan fingerprint density at radius 2 is 2.00 bits per heavy atom. The smallest absolute Gasteiger partial charge is 0.322 e. The Labute approximate surface area is 115 Å². The van der Waals surface area contributed by atoms with Gasteiger partial charge in [-0.15, -0.1) is 0 Å². The lowest BCUT2D eigenvalue weighted by atomic mass is 10.3. The summed E-state index contributed by atoms with van der Waals surface area (Å²) in [7, 11) is 0. The van der Waals surface area contributed by atoms with Gasteiger partial charge in [0.25, 0.3) is 5.91 Å². The van der Waals surface area contributed by atoms with Gasteiger partial charge in [0, 0.05) is 18.2 Å². The second-order valence-corrected chi connectivity index (χ2v) is 3.89. The fourth-order valence-corrected chi connectivity index (χ4v) is 1.29. The van der Waals surface area contributed by atoms with Gasteiger partial charge in [-0.1, -0.05) is 13.0 Å². The number of hydrogen-bond acceptors (Lipinski definition) is 4. The monoisotopic (exact) mass is 280 g/mol. The van der Waals surface area contributed by atoms with Gasteiger partial charge in [-0.3, -0.25) is 14.4 Å². The maximum atomic E-state index is 11.3. The van der Waals surface area contributed by atoms with Crippen LogP contribution in [0.25, 0.3) is 0 Å². The summed E-state index contributed by atoms with van der Waals surface area (Å²) in [4.78, 5) is 32.8. The third-order valence-electron chi connectivity index (χ3n) is 2.25. The average Bonchev–Trinajstić information content (AvgIpc) is 2.43. The summed E-state index contributed by atoms with van der Waals surface area (Å²) in [6, 6.07) is 6.59. The molecule has 0 aliphatic heterocycles. The highest BCUT2D eigenvalue weighted by molar-refractivity contribution is 5.90. The highest BCUT2D eigenvalue weighted by Crippen LogP contribution is 2.17. The van der Waals surface area contributed by atoms with E-state index < -0.39 is 18.4 Å². The summed E-state index contributed by atoms with van der Waals surface area (Å²) in [6.07, 6.45) is 0.364. The molecule has 108 valence electrons. The zero-order valence-corrected chi connectivity index (χ0v) is 11.0. The van der Waals surface area contributed by atoms with Gasteiger partial charge in [0.2, 0.25) is 5.91 Å². The van der Waals surface area contributed by atoms with Crippen LogP contribution in [0.2, 0.25) is 0 Å². The molecule has 1 rings (SSSR count). The molecule has 0 aromatic heterocycles. The highest BCUT2D eigenvalue weighted by atomic mass is 16.5. The molecule has 0 heterocycles. The minimum atomic E-state index is -1.12. The van der Waals surface area contributed by atoms with E-state index in [1.54, 1.807) is 31.2 Å². The number of carbonyl (C=O) groups is 3. The molecule has 0 unspecified atom stereocenters. The van der Waals surface area contributed by atoms with E-state index in [2.05, 4.69) is 10.6 Å². The van der Waals surface area contributed by atoms with Crippen molar-refractivity contribution in [1.29, 1.82) is 0 Å². The molecular weight excluding hydrogens is 264 g/mol. The van der Waals surface area contributed by atoms with Crippen LogP contribution in [0.15, 0.2) is 24.3 Å². The normalized spacial score (nSPS) is 9.65. The molecule has 2 amide bonds. The Balaban J connectivity index is 2.47. The van der Waals surface area contributed by atoms with Gasteiger partial charge < -0.3 is 20.5 Å². The van der Waals surface area contributed by atoms with E-state index in [9.17, 15) is 14.4 Å². The number of hydrogen-bond donors (Lipinski definition) is 3. The second-order valence-electron chi connectivity index (χ2n) is 3.89. The summed E-state index contributed by atoms with van der Waals surface area (Å²) in [5.74, 6) is -1.37. The van der Waals surface area contributed by atoms with Crippen LogP contribution >= 0.6 is 0 Å². The third kappa shape index (κ3) is 5.85. The Bertz CT molecular complexity index is 501. The second kappa shape index (κ2) is 7.78. The lowest BCUT2D eigenvalue weighted by Crippen LogP contribution is -2.33. The third-order valence-corrected chi connectivity index (χ3v) is 2.25. The molecule has 0 aliphatic rings. The van der Waals surface area contributed by atoms with Crippen molar-refractivity contribution in [1.82, 2.24) is 5.32 Å². The van der Waals surface area contributed by atoms with Crippen molar-refractivity contribution in [2.45, 2.75) is 13.3 Å². The van der Waals surface area contributed by atoms with Gasteiger partial charge in [-0.2, -0.15) is 0 Å². The molecule has 3 N–H and O–H groups in total. The Morgan fingerprint density at radius 3 is 2.65 bits per heavy atom. The average molecular weight is 280 g/mol. The number of ether oxygens (including phenoxy) is 1. The summed E-state index contributed by atoms with van der Waals surface area (Å²) >= 11 is 0. The van der Waals surface area contributed by atoms with Crippen LogP contribution in [0.4, 0.5) is 5.69 Å². The minimum Gasteiger partial charge on any atom is -0.484 e. The topological polar surface area (TPSA) is 105 Å². The number of nitrogens with one attached hydrogen (secondary N) is 2. The van der Waals surface area contributed by atoms with Crippen molar-refractivity contribution < 1.29 is 24.2 Å². The molecule has 0 bridgehead atoms. The maximum absolute atomic E-state index is 11.3. The molecule has 0 saturated carbocycles. The number of aliphatic carboxylic acids is 1. The summed E-state index contributed by atoms with van der Waals surface area (Å²) < 4.78 is 5.20. The van der Waals surface area contributed by atoms with Crippen LogP contribution in [-0.4, -0.2) is 36.0 Å². The maximum Gasteiger partial charge on any atom is 0.322 e. The van der Waals surface area contributed by atoms with Gasteiger partial charge in [0.05, 0.1) is 0 Å². The fraction of sp³-hybridized carbons (Fsp3) is 0.308. The first-order chi connectivity index (χ1) is 9.51. The number of rotatable bonds is 7. The SMILES string of the molecule is CCC(=O)Nc1cccc(OCC(=O)NCC(=O)O)c1. The zero-order chi connectivity index (χ0) is 15.0. The van der Waals surface area contributed by atoms with Crippen molar-refractivity contribution in [3.05, 3.63) is 24.3 Å². The van der Waals surface area contributed by atoms with Crippen molar-refractivity contribution in [2.75, 3.05) is 18.5 Å². The molecule has 0 radical (unpaired) electrons. The molecule has 0 saturated heterocycles. The Morgan fingerprint density at radius 1 is 1.25 bits per heavy atom. The molecule has 0 atom stereocenters. The van der Waals surface area contributed by atoms with Crippen LogP contribution in [-0.2, 0) is 14.4 Å². The molecule has 1 aromatic rings. The largest absolute Gasteiger partial charge is 0.484 e. The predicted octanol–water partition coefficient (Wildman–Crippen LogP) is 0.615. The first kappa shape index (κ1) is 15.5. The number of carboxylic acids is 1. The first-order valence-corrected chi connectivity index (χ1v) is 6.02. The van der Waals surface area contributed by atoms with E-state index in [1.807, 2.05) is 0 Å². The van der Waals surface area contributed by atoms with Crippen LogP contribution in [0, 0.1) is 0 Å². The highest BCUT2D eigenvalue weighted by Gasteiger charge is 2.06.